The highest BCUT2D eigenvalue weighted by Gasteiger charge is 2.45. The molecule has 5 unspecified atom stereocenters. The Morgan fingerprint density at radius 2 is 1.89 bits per heavy atom. The topological polar surface area (TPSA) is 32.3 Å². The molecule has 0 aromatic carbocycles. The van der Waals surface area contributed by atoms with E-state index in [4.69, 9.17) is 0 Å². The predicted octanol–water partition coefficient (Wildman–Crippen LogP) is 2.76. The number of hydrogen-bond donors (Lipinski definition) is 1. The molecule has 0 aromatic rings. The first-order valence-corrected chi connectivity index (χ1v) is 7.72. The molecule has 2 aliphatic rings. The third-order valence-corrected chi connectivity index (χ3v) is 5.14. The molecule has 0 bridgehead atoms. The van der Waals surface area contributed by atoms with Crippen molar-refractivity contribution in [2.75, 3.05) is 0 Å². The van der Waals surface area contributed by atoms with Crippen LogP contribution in [0.4, 0.5) is 0 Å². The lowest BCUT2D eigenvalue weighted by molar-refractivity contribution is -0.133. The van der Waals surface area contributed by atoms with Gasteiger partial charge in [0.15, 0.2) is 0 Å². The molecule has 2 rings (SSSR count). The van der Waals surface area contributed by atoms with Crippen LogP contribution in [0.25, 0.3) is 0 Å². The van der Waals surface area contributed by atoms with Gasteiger partial charge in [0, 0.05) is 6.04 Å². The fourth-order valence-electron chi connectivity index (χ4n) is 3.91. The van der Waals surface area contributed by atoms with Crippen LogP contribution in [0.2, 0.25) is 0 Å². The molecule has 0 aromatic heterocycles. The van der Waals surface area contributed by atoms with E-state index in [0.29, 0.717) is 17.9 Å². The summed E-state index contributed by atoms with van der Waals surface area (Å²) in [6.07, 6.45) is 5.93. The molecule has 1 N–H and O–H groups in total. The zero-order valence-corrected chi connectivity index (χ0v) is 12.3. The van der Waals surface area contributed by atoms with Crippen molar-refractivity contribution in [2.24, 2.45) is 11.8 Å². The van der Waals surface area contributed by atoms with E-state index in [1.54, 1.807) is 0 Å². The Kier molecular flexibility index (Phi) is 4.31. The Morgan fingerprint density at radius 1 is 1.17 bits per heavy atom. The van der Waals surface area contributed by atoms with Crippen LogP contribution in [0.5, 0.6) is 0 Å². The summed E-state index contributed by atoms with van der Waals surface area (Å²) < 4.78 is 0. The van der Waals surface area contributed by atoms with Crippen LogP contribution in [-0.4, -0.2) is 29.1 Å². The van der Waals surface area contributed by atoms with Gasteiger partial charge in [-0.2, -0.15) is 0 Å². The summed E-state index contributed by atoms with van der Waals surface area (Å²) in [5.41, 5.74) is 0. The molecule has 0 radical (unpaired) electrons. The molecular weight excluding hydrogens is 224 g/mol. The third kappa shape index (κ3) is 2.18. The number of nitrogens with zero attached hydrogens (tertiary/aromatic N) is 1. The third-order valence-electron chi connectivity index (χ3n) is 5.14. The van der Waals surface area contributed by atoms with Crippen LogP contribution < -0.4 is 5.32 Å². The van der Waals surface area contributed by atoms with Crippen LogP contribution >= 0.6 is 0 Å². The lowest BCUT2D eigenvalue weighted by Crippen LogP contribution is -2.46. The van der Waals surface area contributed by atoms with Crippen molar-refractivity contribution in [1.82, 2.24) is 10.2 Å². The second kappa shape index (κ2) is 5.60. The normalized spacial score (nSPS) is 40.8. The Hall–Kier alpha value is -0.570. The summed E-state index contributed by atoms with van der Waals surface area (Å²) in [6, 6.07) is 0.527. The minimum absolute atomic E-state index is 0.0582. The van der Waals surface area contributed by atoms with Crippen molar-refractivity contribution >= 4 is 5.91 Å². The van der Waals surface area contributed by atoms with E-state index in [2.05, 4.69) is 37.9 Å². The van der Waals surface area contributed by atoms with Crippen molar-refractivity contribution < 1.29 is 4.79 Å². The maximum Gasteiger partial charge on any atom is 0.241 e. The first-order chi connectivity index (χ1) is 8.63. The largest absolute Gasteiger partial charge is 0.323 e. The van der Waals surface area contributed by atoms with Gasteiger partial charge in [-0.15, -0.1) is 0 Å². The van der Waals surface area contributed by atoms with E-state index in [1.165, 1.54) is 19.3 Å². The standard InChI is InChI=1S/C15H28N2O/c1-5-11-8-9-13(10(11)4)17-14(7-3)16-12(6-2)15(17)18/h10-14,16H,5-9H2,1-4H3. The van der Waals surface area contributed by atoms with E-state index in [1.807, 2.05) is 0 Å². The van der Waals surface area contributed by atoms with Gasteiger partial charge < -0.3 is 4.90 Å². The lowest BCUT2D eigenvalue weighted by Gasteiger charge is -2.33. The van der Waals surface area contributed by atoms with Crippen molar-refractivity contribution in [2.45, 2.75) is 78.0 Å². The van der Waals surface area contributed by atoms with Gasteiger partial charge in [0.25, 0.3) is 0 Å². The van der Waals surface area contributed by atoms with E-state index in [-0.39, 0.29) is 12.2 Å². The highest BCUT2D eigenvalue weighted by atomic mass is 16.2. The van der Waals surface area contributed by atoms with Gasteiger partial charge in [-0.25, -0.2) is 0 Å². The van der Waals surface area contributed by atoms with Crippen LogP contribution in [0.3, 0.4) is 0 Å². The highest BCUT2D eigenvalue weighted by Crippen LogP contribution is 2.39. The second-order valence-electron chi connectivity index (χ2n) is 5.97. The Morgan fingerprint density at radius 3 is 2.39 bits per heavy atom. The monoisotopic (exact) mass is 252 g/mol. The molecule has 1 saturated heterocycles. The average Bonchev–Trinajstić information content (AvgIpc) is 2.89. The smallest absolute Gasteiger partial charge is 0.241 e. The van der Waals surface area contributed by atoms with Crippen LogP contribution in [0.15, 0.2) is 0 Å². The molecule has 5 atom stereocenters. The number of nitrogens with one attached hydrogen (secondary N) is 1. The van der Waals surface area contributed by atoms with Crippen molar-refractivity contribution in [3.05, 3.63) is 0 Å². The van der Waals surface area contributed by atoms with E-state index in [9.17, 15) is 4.79 Å². The minimum atomic E-state index is 0.0582. The molecular formula is C15H28N2O. The molecule has 1 aliphatic heterocycles. The predicted molar refractivity (Wildman–Crippen MR) is 74.1 cm³/mol. The first kappa shape index (κ1) is 13.9. The summed E-state index contributed by atoms with van der Waals surface area (Å²) in [7, 11) is 0. The molecule has 3 nitrogen and oxygen atoms in total. The number of hydrogen-bond acceptors (Lipinski definition) is 2. The van der Waals surface area contributed by atoms with Gasteiger partial charge in [-0.05, 0) is 37.5 Å². The molecule has 1 aliphatic carbocycles. The van der Waals surface area contributed by atoms with E-state index in [0.717, 1.165) is 18.8 Å². The fourth-order valence-corrected chi connectivity index (χ4v) is 3.91. The van der Waals surface area contributed by atoms with E-state index < -0.39 is 0 Å². The molecule has 2 fully saturated rings. The summed E-state index contributed by atoms with van der Waals surface area (Å²) >= 11 is 0. The number of rotatable bonds is 4. The SMILES string of the molecule is CCC1NC(CC)N(C2CCC(CC)C2C)C1=O. The Labute approximate surface area is 111 Å². The van der Waals surface area contributed by atoms with Crippen LogP contribution in [0, 0.1) is 11.8 Å². The van der Waals surface area contributed by atoms with Crippen LogP contribution in [-0.2, 0) is 4.79 Å². The van der Waals surface area contributed by atoms with Gasteiger partial charge in [0.05, 0.1) is 12.2 Å². The minimum Gasteiger partial charge on any atom is -0.323 e. The fraction of sp³-hybridized carbons (Fsp3) is 0.933. The number of carbonyl (C=O) groups is 1. The highest BCUT2D eigenvalue weighted by molar-refractivity contribution is 5.84. The molecule has 1 amide bonds. The Bertz CT molecular complexity index is 305. The van der Waals surface area contributed by atoms with Gasteiger partial charge in [0.2, 0.25) is 5.91 Å². The maximum absolute atomic E-state index is 12.5. The van der Waals surface area contributed by atoms with Crippen LogP contribution in [0.1, 0.15) is 59.8 Å². The Balaban J connectivity index is 2.13. The van der Waals surface area contributed by atoms with Gasteiger partial charge in [-0.3, -0.25) is 10.1 Å². The molecule has 3 heteroatoms. The second-order valence-corrected chi connectivity index (χ2v) is 5.97. The van der Waals surface area contributed by atoms with Gasteiger partial charge >= 0.3 is 0 Å². The van der Waals surface area contributed by atoms with Gasteiger partial charge in [0.1, 0.15) is 0 Å². The zero-order valence-electron chi connectivity index (χ0n) is 12.3. The summed E-state index contributed by atoms with van der Waals surface area (Å²) in [5, 5.41) is 3.50. The number of amides is 1. The average molecular weight is 252 g/mol. The first-order valence-electron chi connectivity index (χ1n) is 7.72. The van der Waals surface area contributed by atoms with Crippen molar-refractivity contribution in [3.63, 3.8) is 0 Å². The van der Waals surface area contributed by atoms with Crippen molar-refractivity contribution in [3.8, 4) is 0 Å². The molecule has 1 heterocycles. The summed E-state index contributed by atoms with van der Waals surface area (Å²) in [4.78, 5) is 14.7. The van der Waals surface area contributed by atoms with Crippen molar-refractivity contribution in [1.29, 1.82) is 0 Å². The number of carbonyl (C=O) groups excluding carboxylic acids is 1. The lowest BCUT2D eigenvalue weighted by atomic mass is 9.92. The maximum atomic E-state index is 12.5. The molecule has 18 heavy (non-hydrogen) atoms. The molecule has 1 saturated carbocycles. The molecule has 0 spiro atoms. The molecule has 104 valence electrons. The summed E-state index contributed by atoms with van der Waals surface area (Å²) in [6.45, 7) is 8.89. The van der Waals surface area contributed by atoms with E-state index >= 15 is 0 Å². The summed E-state index contributed by atoms with van der Waals surface area (Å²) in [5.74, 6) is 1.81. The zero-order chi connectivity index (χ0) is 13.3. The van der Waals surface area contributed by atoms with Gasteiger partial charge in [-0.1, -0.05) is 34.1 Å². The quantitative estimate of drug-likeness (QED) is 0.834.